The molecule has 0 unspecified atom stereocenters. The van der Waals surface area contributed by atoms with E-state index >= 15 is 0 Å². The van der Waals surface area contributed by atoms with Crippen molar-refractivity contribution in [1.29, 1.82) is 0 Å². The molecular weight excluding hydrogens is 376 g/mol. The second-order valence-electron chi connectivity index (χ2n) is 7.20. The Balaban J connectivity index is 1.32. The van der Waals surface area contributed by atoms with Gasteiger partial charge in [-0.2, -0.15) is 0 Å². The Morgan fingerprint density at radius 1 is 0.867 bits per heavy atom. The molecule has 1 atom stereocenters. The molecule has 5 rings (SSSR count). The molecule has 0 aliphatic carbocycles. The molecule has 0 saturated carbocycles. The zero-order chi connectivity index (χ0) is 20.3. The molecule has 0 aliphatic rings. The summed E-state index contributed by atoms with van der Waals surface area (Å²) in [4.78, 5) is 12.7. The van der Waals surface area contributed by atoms with E-state index in [1.807, 2.05) is 90.2 Å². The quantitative estimate of drug-likeness (QED) is 0.444. The molecule has 2 heterocycles. The van der Waals surface area contributed by atoms with Gasteiger partial charge in [-0.15, -0.1) is 0 Å². The molecule has 0 fully saturated rings. The van der Waals surface area contributed by atoms with E-state index in [-0.39, 0.29) is 18.5 Å². The zero-order valence-electron chi connectivity index (χ0n) is 16.2. The van der Waals surface area contributed by atoms with Crippen molar-refractivity contribution in [3.63, 3.8) is 0 Å². The van der Waals surface area contributed by atoms with Crippen molar-refractivity contribution in [2.45, 2.75) is 6.04 Å². The third kappa shape index (κ3) is 3.58. The van der Waals surface area contributed by atoms with Crippen LogP contribution in [0.2, 0.25) is 0 Å². The van der Waals surface area contributed by atoms with Crippen molar-refractivity contribution in [1.82, 2.24) is 0 Å². The summed E-state index contributed by atoms with van der Waals surface area (Å²) >= 11 is 0. The summed E-state index contributed by atoms with van der Waals surface area (Å²) in [6.45, 7) is 0.268. The zero-order valence-corrected chi connectivity index (χ0v) is 16.2. The molecule has 0 saturated heterocycles. The highest BCUT2D eigenvalue weighted by molar-refractivity contribution is 6.06. The molecule has 3 N–H and O–H groups in total. The van der Waals surface area contributed by atoms with Crippen molar-refractivity contribution in [2.24, 2.45) is 0 Å². The summed E-state index contributed by atoms with van der Waals surface area (Å²) in [5, 5.41) is 7.01. The van der Waals surface area contributed by atoms with Crippen LogP contribution in [0, 0.1) is 0 Å². The van der Waals surface area contributed by atoms with Gasteiger partial charge in [-0.05, 0) is 36.4 Å². The topological polar surface area (TPSA) is 72.0 Å². The maximum absolute atomic E-state index is 12.7. The predicted molar refractivity (Wildman–Crippen MR) is 116 cm³/mol. The van der Waals surface area contributed by atoms with E-state index in [9.17, 15) is 4.79 Å². The number of rotatable bonds is 6. The molecule has 2 aromatic heterocycles. The molecule has 0 aliphatic heterocycles. The minimum atomic E-state index is -0.0766. The monoisotopic (exact) mass is 397 g/mol. The van der Waals surface area contributed by atoms with Crippen molar-refractivity contribution < 1.29 is 18.9 Å². The standard InChI is InChI=1S/C25H20N2O3/c28-24(16-26-25(23-11-6-14-29-23)17-7-2-1-3-8-17)27-18-12-13-22-20(15-18)19-9-4-5-10-21(19)30-22/h1-15,25-26H,16H2,(H,27,28)/p+1/t25-/m1/s1. The summed E-state index contributed by atoms with van der Waals surface area (Å²) in [6.07, 6.45) is 1.66. The molecule has 0 spiro atoms. The first-order chi connectivity index (χ1) is 14.8. The molecular formula is C25H21N2O3+. The number of nitrogens with one attached hydrogen (secondary N) is 1. The SMILES string of the molecule is O=C(C[NH2+][C@H](c1ccccc1)c1ccco1)Nc1ccc2oc3ccccc3c2c1. The van der Waals surface area contributed by atoms with E-state index in [2.05, 4.69) is 5.32 Å². The Morgan fingerprint density at radius 3 is 2.50 bits per heavy atom. The second-order valence-corrected chi connectivity index (χ2v) is 7.20. The van der Waals surface area contributed by atoms with Crippen LogP contribution in [0.5, 0.6) is 0 Å². The summed E-state index contributed by atoms with van der Waals surface area (Å²) in [5.41, 5.74) is 3.49. The van der Waals surface area contributed by atoms with Gasteiger partial charge in [0.2, 0.25) is 0 Å². The van der Waals surface area contributed by atoms with E-state index in [1.54, 1.807) is 6.26 Å². The lowest BCUT2D eigenvalue weighted by atomic mass is 10.0. The normalized spacial score (nSPS) is 12.3. The molecule has 5 aromatic rings. The Kier molecular flexibility index (Phi) is 4.79. The summed E-state index contributed by atoms with van der Waals surface area (Å²) in [5.74, 6) is 0.745. The smallest absolute Gasteiger partial charge is 0.279 e. The fourth-order valence-corrected chi connectivity index (χ4v) is 3.79. The lowest BCUT2D eigenvalue weighted by Gasteiger charge is -2.14. The number of nitrogens with two attached hydrogens (primary N) is 1. The number of benzene rings is 3. The fourth-order valence-electron chi connectivity index (χ4n) is 3.79. The van der Waals surface area contributed by atoms with Crippen molar-refractivity contribution >= 4 is 33.5 Å². The Morgan fingerprint density at radius 2 is 1.67 bits per heavy atom. The highest BCUT2D eigenvalue weighted by Crippen LogP contribution is 2.30. The van der Waals surface area contributed by atoms with Gasteiger partial charge in [0, 0.05) is 22.0 Å². The van der Waals surface area contributed by atoms with Gasteiger partial charge in [-0.3, -0.25) is 4.79 Å². The molecule has 148 valence electrons. The molecule has 5 heteroatoms. The third-order valence-corrected chi connectivity index (χ3v) is 5.21. The average molecular weight is 397 g/mol. The van der Waals surface area contributed by atoms with Gasteiger partial charge in [0.15, 0.2) is 18.3 Å². The number of carbonyl (C=O) groups excluding carboxylic acids is 1. The highest BCUT2D eigenvalue weighted by Gasteiger charge is 2.21. The maximum atomic E-state index is 12.7. The first-order valence-corrected chi connectivity index (χ1v) is 9.91. The number of amides is 1. The minimum Gasteiger partial charge on any atom is -0.463 e. The molecule has 0 bridgehead atoms. The maximum Gasteiger partial charge on any atom is 0.279 e. The van der Waals surface area contributed by atoms with Crippen LogP contribution in [0.4, 0.5) is 5.69 Å². The van der Waals surface area contributed by atoms with Gasteiger partial charge in [0.1, 0.15) is 11.2 Å². The van der Waals surface area contributed by atoms with Gasteiger partial charge in [-0.1, -0.05) is 48.5 Å². The molecule has 0 radical (unpaired) electrons. The van der Waals surface area contributed by atoms with Crippen LogP contribution < -0.4 is 10.6 Å². The van der Waals surface area contributed by atoms with Gasteiger partial charge >= 0.3 is 0 Å². The number of hydrogen-bond acceptors (Lipinski definition) is 3. The largest absolute Gasteiger partial charge is 0.463 e. The second kappa shape index (κ2) is 7.89. The van der Waals surface area contributed by atoms with Crippen LogP contribution in [0.25, 0.3) is 21.9 Å². The van der Waals surface area contributed by atoms with Crippen LogP contribution in [0.15, 0.2) is 100 Å². The van der Waals surface area contributed by atoms with Crippen LogP contribution in [-0.4, -0.2) is 12.5 Å². The van der Waals surface area contributed by atoms with Crippen LogP contribution in [0.3, 0.4) is 0 Å². The van der Waals surface area contributed by atoms with Crippen molar-refractivity contribution in [2.75, 3.05) is 11.9 Å². The number of para-hydroxylation sites is 1. The number of quaternary nitrogens is 1. The lowest BCUT2D eigenvalue weighted by molar-refractivity contribution is -0.678. The van der Waals surface area contributed by atoms with Gasteiger partial charge in [0.05, 0.1) is 6.26 Å². The fraction of sp³-hybridized carbons (Fsp3) is 0.0800. The van der Waals surface area contributed by atoms with Gasteiger partial charge < -0.3 is 19.5 Å². The van der Waals surface area contributed by atoms with Crippen LogP contribution in [-0.2, 0) is 4.79 Å². The summed E-state index contributed by atoms with van der Waals surface area (Å²) < 4.78 is 11.5. The molecule has 3 aromatic carbocycles. The van der Waals surface area contributed by atoms with Crippen molar-refractivity contribution in [3.05, 3.63) is 103 Å². The predicted octanol–water partition coefficient (Wildman–Crippen LogP) is 4.47. The van der Waals surface area contributed by atoms with Crippen molar-refractivity contribution in [3.8, 4) is 0 Å². The van der Waals surface area contributed by atoms with E-state index in [1.165, 1.54) is 0 Å². The molecule has 1 amide bonds. The number of furan rings is 2. The molecule has 30 heavy (non-hydrogen) atoms. The first-order valence-electron chi connectivity index (χ1n) is 9.91. The number of carbonyl (C=O) groups is 1. The van der Waals surface area contributed by atoms with E-state index in [4.69, 9.17) is 8.83 Å². The first kappa shape index (κ1) is 18.2. The van der Waals surface area contributed by atoms with Gasteiger partial charge in [0.25, 0.3) is 5.91 Å². The summed E-state index contributed by atoms with van der Waals surface area (Å²) in [6, 6.07) is 27.4. The number of anilines is 1. The van der Waals surface area contributed by atoms with E-state index < -0.39 is 0 Å². The van der Waals surface area contributed by atoms with Crippen LogP contribution in [0.1, 0.15) is 17.4 Å². The third-order valence-electron chi connectivity index (χ3n) is 5.21. The average Bonchev–Trinajstić information content (AvgIpc) is 3.43. The Hall–Kier alpha value is -3.83. The molecule has 5 nitrogen and oxygen atoms in total. The van der Waals surface area contributed by atoms with E-state index in [0.717, 1.165) is 38.9 Å². The highest BCUT2D eigenvalue weighted by atomic mass is 16.3. The Bertz CT molecular complexity index is 1290. The van der Waals surface area contributed by atoms with E-state index in [0.29, 0.717) is 0 Å². The minimum absolute atomic E-state index is 0.0744. The van der Waals surface area contributed by atoms with Gasteiger partial charge in [-0.25, -0.2) is 0 Å². The number of hydrogen-bond donors (Lipinski definition) is 2. The lowest BCUT2D eigenvalue weighted by Crippen LogP contribution is -2.87. The van der Waals surface area contributed by atoms with Crippen LogP contribution >= 0.6 is 0 Å². The Labute approximate surface area is 173 Å². The number of fused-ring (bicyclic) bond motifs is 3. The summed E-state index contributed by atoms with van der Waals surface area (Å²) in [7, 11) is 0.